The van der Waals surface area contributed by atoms with Crippen LogP contribution in [0.25, 0.3) is 10.8 Å². The number of fused-ring (bicyclic) bond motifs is 1. The Balaban J connectivity index is 1.95. The minimum atomic E-state index is -3.31. The molecule has 2 rings (SSSR count). The molecule has 2 aromatic carbocycles. The van der Waals surface area contributed by atoms with Gasteiger partial charge in [0.15, 0.2) is 9.84 Å². The molecule has 0 unspecified atom stereocenters. The van der Waals surface area contributed by atoms with Crippen LogP contribution in [-0.4, -0.2) is 25.3 Å². The van der Waals surface area contributed by atoms with Crippen molar-refractivity contribution >= 4 is 26.5 Å². The van der Waals surface area contributed by atoms with Crippen LogP contribution in [0.15, 0.2) is 47.4 Å². The summed E-state index contributed by atoms with van der Waals surface area (Å²) in [5.41, 5.74) is 1.56. The maximum absolute atomic E-state index is 12.3. The summed E-state index contributed by atoms with van der Waals surface area (Å²) in [6.07, 6.45) is 1.88. The topological polar surface area (TPSA) is 83.5 Å². The largest absolute Gasteiger partial charge is 0.289 e. The van der Waals surface area contributed by atoms with E-state index in [4.69, 9.17) is 5.21 Å². The van der Waals surface area contributed by atoms with Gasteiger partial charge in [0.25, 0.3) is 0 Å². The molecule has 118 valence electrons. The number of hydrogen-bond acceptors (Lipinski definition) is 4. The number of amides is 1. The first-order chi connectivity index (χ1) is 10.5. The van der Waals surface area contributed by atoms with Crippen molar-refractivity contribution in [3.63, 3.8) is 0 Å². The zero-order valence-corrected chi connectivity index (χ0v) is 13.0. The van der Waals surface area contributed by atoms with E-state index in [1.807, 2.05) is 30.3 Å². The van der Waals surface area contributed by atoms with Crippen molar-refractivity contribution in [2.75, 3.05) is 5.75 Å². The fraction of sp³-hybridized carbons (Fsp3) is 0.312. The van der Waals surface area contributed by atoms with Crippen molar-refractivity contribution in [3.8, 4) is 0 Å². The second-order valence-corrected chi connectivity index (χ2v) is 7.28. The number of hydroxylamine groups is 1. The highest BCUT2D eigenvalue weighted by Gasteiger charge is 2.14. The van der Waals surface area contributed by atoms with Crippen LogP contribution in [0.3, 0.4) is 0 Å². The maximum Gasteiger partial charge on any atom is 0.243 e. The van der Waals surface area contributed by atoms with Gasteiger partial charge in [-0.15, -0.1) is 0 Å². The third-order valence-corrected chi connectivity index (χ3v) is 5.32. The molecule has 2 N–H and O–H groups in total. The van der Waals surface area contributed by atoms with Gasteiger partial charge in [-0.1, -0.05) is 36.8 Å². The number of carbonyl (C=O) groups excluding carboxylic acids is 1. The van der Waals surface area contributed by atoms with Gasteiger partial charge >= 0.3 is 0 Å². The minimum absolute atomic E-state index is 0.0616. The van der Waals surface area contributed by atoms with E-state index >= 15 is 0 Å². The molecule has 0 fully saturated rings. The predicted octanol–water partition coefficient (Wildman–Crippen LogP) is 2.68. The van der Waals surface area contributed by atoms with Gasteiger partial charge in [0.1, 0.15) is 0 Å². The number of rotatable bonds is 7. The molecule has 0 radical (unpaired) electrons. The Labute approximate surface area is 129 Å². The molecule has 0 heterocycles. The smallest absolute Gasteiger partial charge is 0.243 e. The molecule has 0 atom stereocenters. The Morgan fingerprint density at radius 3 is 2.45 bits per heavy atom. The molecule has 6 heteroatoms. The summed E-state index contributed by atoms with van der Waals surface area (Å²) in [5, 5.41) is 10.3. The molecule has 1 amide bonds. The summed E-state index contributed by atoms with van der Waals surface area (Å²) < 4.78 is 24.6. The van der Waals surface area contributed by atoms with Gasteiger partial charge in [0.05, 0.1) is 10.6 Å². The molecule has 0 aliphatic carbocycles. The van der Waals surface area contributed by atoms with Crippen LogP contribution in [0.1, 0.15) is 25.7 Å². The van der Waals surface area contributed by atoms with E-state index in [0.29, 0.717) is 24.2 Å². The molecule has 0 saturated heterocycles. The second-order valence-electron chi connectivity index (χ2n) is 5.17. The van der Waals surface area contributed by atoms with Crippen molar-refractivity contribution in [2.24, 2.45) is 0 Å². The zero-order valence-electron chi connectivity index (χ0n) is 12.2. The Kier molecular flexibility index (Phi) is 5.51. The van der Waals surface area contributed by atoms with Crippen molar-refractivity contribution in [3.05, 3.63) is 42.5 Å². The lowest BCUT2D eigenvalue weighted by molar-refractivity contribution is -0.129. The number of hydrogen-bond donors (Lipinski definition) is 2. The van der Waals surface area contributed by atoms with E-state index in [-0.39, 0.29) is 12.2 Å². The van der Waals surface area contributed by atoms with E-state index < -0.39 is 15.7 Å². The molecule has 0 aliphatic heterocycles. The van der Waals surface area contributed by atoms with Gasteiger partial charge in [0, 0.05) is 6.42 Å². The Morgan fingerprint density at radius 1 is 1.00 bits per heavy atom. The maximum atomic E-state index is 12.3. The van der Waals surface area contributed by atoms with Crippen LogP contribution in [-0.2, 0) is 14.6 Å². The van der Waals surface area contributed by atoms with Gasteiger partial charge in [-0.3, -0.25) is 10.0 Å². The van der Waals surface area contributed by atoms with Crippen LogP contribution in [0, 0.1) is 0 Å². The lowest BCUT2D eigenvalue weighted by Crippen LogP contribution is -2.17. The van der Waals surface area contributed by atoms with Crippen molar-refractivity contribution in [1.82, 2.24) is 5.48 Å². The summed E-state index contributed by atoms with van der Waals surface area (Å²) in [6.45, 7) is 0. The highest BCUT2D eigenvalue weighted by Crippen LogP contribution is 2.20. The van der Waals surface area contributed by atoms with Crippen LogP contribution in [0.4, 0.5) is 0 Å². The molecular weight excluding hydrogens is 302 g/mol. The third-order valence-electron chi connectivity index (χ3n) is 3.52. The van der Waals surface area contributed by atoms with Gasteiger partial charge in [-0.2, -0.15) is 0 Å². The zero-order chi connectivity index (χ0) is 16.0. The Morgan fingerprint density at radius 2 is 1.73 bits per heavy atom. The summed E-state index contributed by atoms with van der Waals surface area (Å²) in [6, 6.07) is 12.8. The quantitative estimate of drug-likeness (QED) is 0.466. The second kappa shape index (κ2) is 7.38. The molecular formula is C16H19NO4S. The van der Waals surface area contributed by atoms with Gasteiger partial charge in [-0.05, 0) is 35.7 Å². The first-order valence-electron chi connectivity index (χ1n) is 7.17. The van der Waals surface area contributed by atoms with Crippen molar-refractivity contribution in [1.29, 1.82) is 0 Å². The number of unbranched alkanes of at least 4 members (excludes halogenated alkanes) is 2. The molecule has 0 spiro atoms. The number of benzene rings is 2. The SMILES string of the molecule is O=C(CCCCCS(=O)(=O)c1ccc2ccccc2c1)NO. The minimum Gasteiger partial charge on any atom is -0.289 e. The molecule has 0 aliphatic rings. The molecule has 5 nitrogen and oxygen atoms in total. The van der Waals surface area contributed by atoms with Crippen molar-refractivity contribution < 1.29 is 18.4 Å². The standard InChI is InChI=1S/C16H19NO4S/c18-16(17-19)8-2-1-5-11-22(20,21)15-10-9-13-6-3-4-7-14(13)12-15/h3-4,6-7,9-10,12,19H,1-2,5,8,11H2,(H,17,18). The molecule has 22 heavy (non-hydrogen) atoms. The molecule has 2 aromatic rings. The predicted molar refractivity (Wildman–Crippen MR) is 84.4 cm³/mol. The lowest BCUT2D eigenvalue weighted by atomic mass is 10.1. The monoisotopic (exact) mass is 321 g/mol. The van der Waals surface area contributed by atoms with Crippen LogP contribution in [0.5, 0.6) is 0 Å². The number of nitrogens with one attached hydrogen (secondary N) is 1. The third kappa shape index (κ3) is 4.29. The van der Waals surface area contributed by atoms with Crippen molar-refractivity contribution in [2.45, 2.75) is 30.6 Å². The van der Waals surface area contributed by atoms with Crippen LogP contribution < -0.4 is 5.48 Å². The molecule has 0 bridgehead atoms. The fourth-order valence-electron chi connectivity index (χ4n) is 2.29. The van der Waals surface area contributed by atoms with Crippen LogP contribution in [0.2, 0.25) is 0 Å². The van der Waals surface area contributed by atoms with Crippen LogP contribution >= 0.6 is 0 Å². The van der Waals surface area contributed by atoms with Gasteiger partial charge in [0.2, 0.25) is 5.91 Å². The van der Waals surface area contributed by atoms with Gasteiger partial charge < -0.3 is 0 Å². The highest BCUT2D eigenvalue weighted by atomic mass is 32.2. The Hall–Kier alpha value is -1.92. The van der Waals surface area contributed by atoms with E-state index in [9.17, 15) is 13.2 Å². The normalized spacial score (nSPS) is 11.5. The summed E-state index contributed by atoms with van der Waals surface area (Å²) in [5.74, 6) is -0.385. The summed E-state index contributed by atoms with van der Waals surface area (Å²) in [4.78, 5) is 11.2. The highest BCUT2D eigenvalue weighted by molar-refractivity contribution is 7.91. The van der Waals surface area contributed by atoms with E-state index in [2.05, 4.69) is 0 Å². The number of sulfone groups is 1. The molecule has 0 aromatic heterocycles. The number of carbonyl (C=O) groups is 1. The molecule has 0 saturated carbocycles. The van der Waals surface area contributed by atoms with E-state index in [1.165, 1.54) is 0 Å². The van der Waals surface area contributed by atoms with E-state index in [1.54, 1.807) is 17.6 Å². The first kappa shape index (κ1) is 16.5. The summed E-state index contributed by atoms with van der Waals surface area (Å²) in [7, 11) is -3.31. The first-order valence-corrected chi connectivity index (χ1v) is 8.83. The average Bonchev–Trinajstić information content (AvgIpc) is 2.53. The average molecular weight is 321 g/mol. The van der Waals surface area contributed by atoms with Gasteiger partial charge in [-0.25, -0.2) is 13.9 Å². The lowest BCUT2D eigenvalue weighted by Gasteiger charge is -2.06. The fourth-order valence-corrected chi connectivity index (χ4v) is 3.69. The summed E-state index contributed by atoms with van der Waals surface area (Å²) >= 11 is 0. The Bertz CT molecular complexity index is 756. The van der Waals surface area contributed by atoms with E-state index in [0.717, 1.165) is 10.8 Å².